The fraction of sp³-hybridized carbons (Fsp3) is 0.231. The maximum absolute atomic E-state index is 12.8. The topological polar surface area (TPSA) is 68.6 Å². The van der Waals surface area contributed by atoms with Crippen LogP contribution >= 0.6 is 0 Å². The highest BCUT2D eigenvalue weighted by Crippen LogP contribution is 2.37. The number of hydrogen-bond acceptors (Lipinski definition) is 5. The Kier molecular flexibility index (Phi) is 6.39. The van der Waals surface area contributed by atoms with E-state index in [1.807, 2.05) is 71.6 Å². The molecule has 1 saturated heterocycles. The molecule has 6 heteroatoms. The van der Waals surface area contributed by atoms with Crippen LogP contribution in [0.5, 0.6) is 5.75 Å². The van der Waals surface area contributed by atoms with Gasteiger partial charge in [0, 0.05) is 43.0 Å². The van der Waals surface area contributed by atoms with E-state index in [0.29, 0.717) is 22.6 Å². The van der Waals surface area contributed by atoms with E-state index >= 15 is 0 Å². The van der Waals surface area contributed by atoms with Gasteiger partial charge in [-0.2, -0.15) is 5.26 Å². The van der Waals surface area contributed by atoms with Crippen LogP contribution in [0.1, 0.15) is 15.9 Å². The molecule has 3 aromatic rings. The lowest BCUT2D eigenvalue weighted by atomic mass is 10.00. The summed E-state index contributed by atoms with van der Waals surface area (Å²) in [4.78, 5) is 16.9. The summed E-state index contributed by atoms with van der Waals surface area (Å²) in [5.74, 6) is 0.585. The van der Waals surface area contributed by atoms with Crippen LogP contribution in [0, 0.1) is 11.3 Å². The average Bonchev–Trinajstić information content (AvgIpc) is 2.84. The lowest BCUT2D eigenvalue weighted by Crippen LogP contribution is -2.47. The van der Waals surface area contributed by atoms with Crippen molar-refractivity contribution in [2.24, 2.45) is 0 Å². The second kappa shape index (κ2) is 9.54. The largest absolute Gasteiger partial charge is 0.495 e. The van der Waals surface area contributed by atoms with E-state index in [0.717, 1.165) is 43.0 Å². The van der Waals surface area contributed by atoms with Crippen molar-refractivity contribution < 1.29 is 9.53 Å². The number of methoxy groups -OCH3 is 1. The minimum atomic E-state index is 0.0521. The predicted molar refractivity (Wildman–Crippen MR) is 126 cm³/mol. The van der Waals surface area contributed by atoms with Crippen molar-refractivity contribution in [3.63, 3.8) is 0 Å². The molecule has 1 amide bonds. The fourth-order valence-electron chi connectivity index (χ4n) is 3.90. The summed E-state index contributed by atoms with van der Waals surface area (Å²) in [5, 5.41) is 13.1. The monoisotopic (exact) mass is 426 g/mol. The maximum atomic E-state index is 12.8. The third-order valence-electron chi connectivity index (χ3n) is 5.76. The standard InChI is InChI=1S/C26H26N4O2/c1-29-14-16-30(17-15-29)26(31)20-8-10-21(11-9-20)28-24-13-12-22(19-6-4-3-5-7-19)25(32-2)23(24)18-27/h3-13,28H,14-17H2,1-2H3. The number of piperazine rings is 1. The molecule has 0 saturated carbocycles. The number of nitrogens with zero attached hydrogens (tertiary/aromatic N) is 3. The number of likely N-dealkylation sites (N-methyl/N-ethyl adjacent to an activating group) is 1. The van der Waals surface area contributed by atoms with Gasteiger partial charge in [-0.25, -0.2) is 0 Å². The molecular weight excluding hydrogens is 400 g/mol. The minimum Gasteiger partial charge on any atom is -0.495 e. The van der Waals surface area contributed by atoms with Crippen LogP contribution in [-0.4, -0.2) is 56.0 Å². The summed E-state index contributed by atoms with van der Waals surface area (Å²) in [6.07, 6.45) is 0. The van der Waals surface area contributed by atoms with Crippen LogP contribution in [0.3, 0.4) is 0 Å². The molecule has 0 unspecified atom stereocenters. The van der Waals surface area contributed by atoms with Gasteiger partial charge in [-0.3, -0.25) is 4.79 Å². The Balaban J connectivity index is 1.55. The lowest BCUT2D eigenvalue weighted by molar-refractivity contribution is 0.0664. The maximum Gasteiger partial charge on any atom is 0.253 e. The molecule has 0 bridgehead atoms. The van der Waals surface area contributed by atoms with E-state index < -0.39 is 0 Å². The van der Waals surface area contributed by atoms with Crippen LogP contribution in [-0.2, 0) is 0 Å². The molecule has 0 aliphatic carbocycles. The number of rotatable bonds is 5. The van der Waals surface area contributed by atoms with Crippen LogP contribution in [0.25, 0.3) is 11.1 Å². The number of amides is 1. The van der Waals surface area contributed by atoms with Crippen LogP contribution in [0.15, 0.2) is 66.7 Å². The molecule has 32 heavy (non-hydrogen) atoms. The smallest absolute Gasteiger partial charge is 0.253 e. The Bertz CT molecular complexity index is 1130. The van der Waals surface area contributed by atoms with Gasteiger partial charge in [0.1, 0.15) is 17.4 Å². The van der Waals surface area contributed by atoms with Crippen LogP contribution < -0.4 is 10.1 Å². The van der Waals surface area contributed by atoms with Crippen molar-refractivity contribution in [2.75, 3.05) is 45.7 Å². The van der Waals surface area contributed by atoms with Crippen LogP contribution in [0.4, 0.5) is 11.4 Å². The third kappa shape index (κ3) is 4.43. The summed E-state index contributed by atoms with van der Waals surface area (Å²) >= 11 is 0. The zero-order chi connectivity index (χ0) is 22.5. The number of carbonyl (C=O) groups excluding carboxylic acids is 1. The molecule has 1 N–H and O–H groups in total. The Labute approximate surface area is 188 Å². The number of anilines is 2. The average molecular weight is 427 g/mol. The van der Waals surface area contributed by atoms with E-state index in [-0.39, 0.29) is 5.91 Å². The molecule has 0 atom stereocenters. The molecule has 0 spiro atoms. The minimum absolute atomic E-state index is 0.0521. The van der Waals surface area contributed by atoms with Crippen LogP contribution in [0.2, 0.25) is 0 Å². The van der Waals surface area contributed by atoms with Gasteiger partial charge in [0.15, 0.2) is 0 Å². The molecule has 162 valence electrons. The van der Waals surface area contributed by atoms with Gasteiger partial charge in [-0.1, -0.05) is 30.3 Å². The SMILES string of the molecule is COc1c(-c2ccccc2)ccc(Nc2ccc(C(=O)N3CCN(C)CC3)cc2)c1C#N. The van der Waals surface area contributed by atoms with E-state index in [9.17, 15) is 10.1 Å². The van der Waals surface area contributed by atoms with Gasteiger partial charge >= 0.3 is 0 Å². The molecule has 1 aliphatic rings. The van der Waals surface area contributed by atoms with Crippen molar-refractivity contribution >= 4 is 17.3 Å². The van der Waals surface area contributed by atoms with Gasteiger partial charge in [-0.05, 0) is 49.0 Å². The van der Waals surface area contributed by atoms with Gasteiger partial charge in [-0.15, -0.1) is 0 Å². The van der Waals surface area contributed by atoms with E-state index in [1.54, 1.807) is 7.11 Å². The van der Waals surface area contributed by atoms with Crippen molar-refractivity contribution in [1.82, 2.24) is 9.80 Å². The Morgan fingerprint density at radius 2 is 1.66 bits per heavy atom. The molecule has 1 fully saturated rings. The first-order valence-electron chi connectivity index (χ1n) is 10.6. The molecular formula is C26H26N4O2. The molecule has 0 radical (unpaired) electrons. The lowest BCUT2D eigenvalue weighted by Gasteiger charge is -2.32. The molecule has 1 aliphatic heterocycles. The van der Waals surface area contributed by atoms with Crippen molar-refractivity contribution in [2.45, 2.75) is 0 Å². The molecule has 0 aromatic heterocycles. The zero-order valence-electron chi connectivity index (χ0n) is 18.3. The molecule has 6 nitrogen and oxygen atoms in total. The highest BCUT2D eigenvalue weighted by atomic mass is 16.5. The number of nitrogens with one attached hydrogen (secondary N) is 1. The van der Waals surface area contributed by atoms with E-state index in [2.05, 4.69) is 23.3 Å². The first-order chi connectivity index (χ1) is 15.6. The first-order valence-corrected chi connectivity index (χ1v) is 10.6. The normalized spacial score (nSPS) is 14.0. The molecule has 3 aromatic carbocycles. The Hall–Kier alpha value is -3.82. The second-order valence-electron chi connectivity index (χ2n) is 7.84. The van der Waals surface area contributed by atoms with Gasteiger partial charge in [0.25, 0.3) is 5.91 Å². The summed E-state index contributed by atoms with van der Waals surface area (Å²) in [5.41, 5.74) is 4.40. The van der Waals surface area contributed by atoms with E-state index in [1.165, 1.54) is 0 Å². The number of carbonyl (C=O) groups is 1. The summed E-state index contributed by atoms with van der Waals surface area (Å²) in [6, 6.07) is 23.3. The molecule has 4 rings (SSSR count). The highest BCUT2D eigenvalue weighted by molar-refractivity contribution is 5.94. The van der Waals surface area contributed by atoms with Crippen molar-refractivity contribution in [3.05, 3.63) is 77.9 Å². The Morgan fingerprint density at radius 1 is 0.969 bits per heavy atom. The number of nitriles is 1. The predicted octanol–water partition coefficient (Wildman–Crippen LogP) is 4.37. The quantitative estimate of drug-likeness (QED) is 0.656. The Morgan fingerprint density at radius 3 is 2.28 bits per heavy atom. The summed E-state index contributed by atoms with van der Waals surface area (Å²) in [6.45, 7) is 3.27. The summed E-state index contributed by atoms with van der Waals surface area (Å²) in [7, 11) is 3.64. The van der Waals surface area contributed by atoms with Crippen molar-refractivity contribution in [3.8, 4) is 22.9 Å². The van der Waals surface area contributed by atoms with E-state index in [4.69, 9.17) is 4.74 Å². The third-order valence-corrected chi connectivity index (χ3v) is 5.76. The number of benzene rings is 3. The fourth-order valence-corrected chi connectivity index (χ4v) is 3.90. The number of hydrogen-bond donors (Lipinski definition) is 1. The molecule has 1 heterocycles. The van der Waals surface area contributed by atoms with Gasteiger partial charge in [0.2, 0.25) is 0 Å². The highest BCUT2D eigenvalue weighted by Gasteiger charge is 2.20. The van der Waals surface area contributed by atoms with Gasteiger partial charge < -0.3 is 19.9 Å². The van der Waals surface area contributed by atoms with Gasteiger partial charge in [0.05, 0.1) is 12.8 Å². The number of ether oxygens (including phenoxy) is 1. The first kappa shape index (κ1) is 21.4. The van der Waals surface area contributed by atoms with Crippen molar-refractivity contribution in [1.29, 1.82) is 5.26 Å². The zero-order valence-corrected chi connectivity index (χ0v) is 18.3. The second-order valence-corrected chi connectivity index (χ2v) is 7.84. The summed E-state index contributed by atoms with van der Waals surface area (Å²) < 4.78 is 5.61.